The fraction of sp³-hybridized carbons (Fsp3) is 0.250. The molecule has 0 aliphatic carbocycles. The zero-order valence-electron chi connectivity index (χ0n) is 11.4. The number of hydrogen-bond acceptors (Lipinski definition) is 2. The van der Waals surface area contributed by atoms with Crippen molar-refractivity contribution in [1.82, 2.24) is 0 Å². The maximum Gasteiger partial charge on any atom is 0.137 e. The van der Waals surface area contributed by atoms with E-state index in [2.05, 4.69) is 31.9 Å². The summed E-state index contributed by atoms with van der Waals surface area (Å²) in [6.45, 7) is 2.68. The van der Waals surface area contributed by atoms with Gasteiger partial charge in [-0.1, -0.05) is 19.1 Å². The van der Waals surface area contributed by atoms with Crippen LogP contribution in [0.4, 0.5) is 4.39 Å². The van der Waals surface area contributed by atoms with E-state index in [-0.39, 0.29) is 5.82 Å². The van der Waals surface area contributed by atoms with Gasteiger partial charge in [-0.15, -0.1) is 0 Å². The maximum absolute atomic E-state index is 13.2. The van der Waals surface area contributed by atoms with Crippen molar-refractivity contribution in [2.24, 2.45) is 0 Å². The highest BCUT2D eigenvalue weighted by Gasteiger charge is 2.14. The van der Waals surface area contributed by atoms with E-state index in [9.17, 15) is 9.50 Å². The van der Waals surface area contributed by atoms with Crippen LogP contribution in [-0.4, -0.2) is 11.7 Å². The van der Waals surface area contributed by atoms with Crippen molar-refractivity contribution >= 4 is 31.9 Å². The smallest absolute Gasteiger partial charge is 0.137 e. The van der Waals surface area contributed by atoms with Crippen LogP contribution >= 0.6 is 31.9 Å². The highest BCUT2D eigenvalue weighted by molar-refractivity contribution is 9.10. The van der Waals surface area contributed by atoms with E-state index in [0.717, 1.165) is 16.6 Å². The zero-order valence-corrected chi connectivity index (χ0v) is 14.6. The number of aliphatic hydroxyl groups is 1. The van der Waals surface area contributed by atoms with Crippen molar-refractivity contribution in [2.45, 2.75) is 19.4 Å². The molecule has 0 aromatic heterocycles. The summed E-state index contributed by atoms with van der Waals surface area (Å²) in [5.74, 6) is 0.392. The molecule has 0 aliphatic rings. The molecule has 0 aliphatic heterocycles. The van der Waals surface area contributed by atoms with Crippen LogP contribution in [-0.2, 0) is 0 Å². The fourth-order valence-corrected chi connectivity index (χ4v) is 2.80. The lowest BCUT2D eigenvalue weighted by atomic mass is 10.0. The molecule has 2 nitrogen and oxygen atoms in total. The van der Waals surface area contributed by atoms with Gasteiger partial charge in [0.05, 0.1) is 15.6 Å². The van der Waals surface area contributed by atoms with E-state index in [1.165, 1.54) is 6.07 Å². The molecule has 112 valence electrons. The standard InChI is InChI=1S/C16H15Br2FO2/c1-2-7-21-15-6-4-11(9-13(15)18)16(20)10-3-5-14(19)12(17)8-10/h3-6,8-9,16,20H,2,7H2,1H3. The summed E-state index contributed by atoms with van der Waals surface area (Å²) >= 11 is 6.56. The minimum atomic E-state index is -0.821. The van der Waals surface area contributed by atoms with Gasteiger partial charge in [0.25, 0.3) is 0 Å². The fourth-order valence-electron chi connectivity index (χ4n) is 1.89. The second-order valence-electron chi connectivity index (χ2n) is 4.61. The molecule has 0 saturated heterocycles. The number of rotatable bonds is 5. The van der Waals surface area contributed by atoms with E-state index in [0.29, 0.717) is 22.2 Å². The lowest BCUT2D eigenvalue weighted by Gasteiger charge is -2.14. The number of aliphatic hydroxyl groups excluding tert-OH is 1. The van der Waals surface area contributed by atoms with E-state index in [1.54, 1.807) is 18.2 Å². The largest absolute Gasteiger partial charge is 0.492 e. The Bertz CT molecular complexity index is 632. The Balaban J connectivity index is 2.24. The van der Waals surface area contributed by atoms with Crippen LogP contribution < -0.4 is 4.74 Å². The molecule has 1 N–H and O–H groups in total. The summed E-state index contributed by atoms with van der Waals surface area (Å²) in [6, 6.07) is 9.91. The third-order valence-corrected chi connectivity index (χ3v) is 4.22. The van der Waals surface area contributed by atoms with Crippen LogP contribution in [0.1, 0.15) is 30.6 Å². The van der Waals surface area contributed by atoms with E-state index in [4.69, 9.17) is 4.74 Å². The Morgan fingerprint density at radius 1 is 1.10 bits per heavy atom. The zero-order chi connectivity index (χ0) is 15.4. The monoisotopic (exact) mass is 416 g/mol. The molecule has 0 amide bonds. The molecule has 21 heavy (non-hydrogen) atoms. The first-order valence-corrected chi connectivity index (χ1v) is 8.16. The Morgan fingerprint density at radius 2 is 1.71 bits per heavy atom. The SMILES string of the molecule is CCCOc1ccc(C(O)c2ccc(F)c(Br)c2)cc1Br. The first kappa shape index (κ1) is 16.5. The average molecular weight is 418 g/mol. The van der Waals surface area contributed by atoms with Crippen LogP contribution in [0.2, 0.25) is 0 Å². The normalized spacial score (nSPS) is 12.2. The quantitative estimate of drug-likeness (QED) is 0.722. The highest BCUT2D eigenvalue weighted by Crippen LogP contribution is 2.32. The molecule has 0 radical (unpaired) electrons. The van der Waals surface area contributed by atoms with Gasteiger partial charge in [0.2, 0.25) is 0 Å². The summed E-state index contributed by atoms with van der Waals surface area (Å²) < 4.78 is 19.9. The summed E-state index contributed by atoms with van der Waals surface area (Å²) in [6.07, 6.45) is 0.110. The Kier molecular flexibility index (Phi) is 5.79. The molecular formula is C16H15Br2FO2. The van der Waals surface area contributed by atoms with Gasteiger partial charge < -0.3 is 9.84 Å². The van der Waals surface area contributed by atoms with Crippen molar-refractivity contribution < 1.29 is 14.2 Å². The average Bonchev–Trinajstić information content (AvgIpc) is 2.48. The van der Waals surface area contributed by atoms with Crippen LogP contribution in [0, 0.1) is 5.82 Å². The summed E-state index contributed by atoms with van der Waals surface area (Å²) in [5.41, 5.74) is 1.33. The van der Waals surface area contributed by atoms with Gasteiger partial charge in [0.15, 0.2) is 0 Å². The highest BCUT2D eigenvalue weighted by atomic mass is 79.9. The van der Waals surface area contributed by atoms with Crippen molar-refractivity contribution in [3.8, 4) is 5.75 Å². The predicted octanol–water partition coefficient (Wildman–Crippen LogP) is 5.22. The van der Waals surface area contributed by atoms with Gasteiger partial charge in [0.1, 0.15) is 17.7 Å². The maximum atomic E-state index is 13.2. The lowest BCUT2D eigenvalue weighted by Crippen LogP contribution is -2.01. The number of halogens is 3. The first-order chi connectivity index (χ1) is 10.0. The summed E-state index contributed by atoms with van der Waals surface area (Å²) in [4.78, 5) is 0. The molecule has 1 atom stereocenters. The third kappa shape index (κ3) is 4.05. The Hall–Kier alpha value is -0.910. The Labute approximate surface area is 140 Å². The molecule has 0 bridgehead atoms. The second-order valence-corrected chi connectivity index (χ2v) is 6.32. The number of benzene rings is 2. The van der Waals surface area contributed by atoms with Gasteiger partial charge in [-0.3, -0.25) is 0 Å². The van der Waals surface area contributed by atoms with Gasteiger partial charge in [-0.2, -0.15) is 0 Å². The van der Waals surface area contributed by atoms with Crippen LogP contribution in [0.15, 0.2) is 45.3 Å². The lowest BCUT2D eigenvalue weighted by molar-refractivity contribution is 0.220. The predicted molar refractivity (Wildman–Crippen MR) is 88.1 cm³/mol. The van der Waals surface area contributed by atoms with Gasteiger partial charge in [0, 0.05) is 0 Å². The summed E-state index contributed by atoms with van der Waals surface area (Å²) in [5, 5.41) is 10.4. The van der Waals surface area contributed by atoms with Crippen molar-refractivity contribution in [1.29, 1.82) is 0 Å². The molecule has 2 rings (SSSR count). The number of hydrogen-bond donors (Lipinski definition) is 1. The van der Waals surface area contributed by atoms with Crippen LogP contribution in [0.3, 0.4) is 0 Å². The molecule has 0 spiro atoms. The summed E-state index contributed by atoms with van der Waals surface area (Å²) in [7, 11) is 0. The van der Waals surface area contributed by atoms with Crippen LogP contribution in [0.25, 0.3) is 0 Å². The van der Waals surface area contributed by atoms with Crippen molar-refractivity contribution in [2.75, 3.05) is 6.61 Å². The van der Waals surface area contributed by atoms with E-state index in [1.807, 2.05) is 19.1 Å². The third-order valence-electron chi connectivity index (χ3n) is 2.99. The molecular weight excluding hydrogens is 403 g/mol. The molecule has 2 aromatic rings. The second kappa shape index (κ2) is 7.38. The van der Waals surface area contributed by atoms with Crippen molar-refractivity contribution in [3.05, 3.63) is 62.3 Å². The van der Waals surface area contributed by atoms with Crippen LogP contribution in [0.5, 0.6) is 5.75 Å². The molecule has 0 heterocycles. The Morgan fingerprint density at radius 3 is 2.29 bits per heavy atom. The van der Waals surface area contributed by atoms with E-state index < -0.39 is 6.10 Å². The first-order valence-electron chi connectivity index (χ1n) is 6.58. The number of ether oxygens (including phenoxy) is 1. The minimum absolute atomic E-state index is 0.334. The molecule has 5 heteroatoms. The van der Waals surface area contributed by atoms with Gasteiger partial charge in [-0.05, 0) is 73.7 Å². The minimum Gasteiger partial charge on any atom is -0.492 e. The molecule has 0 saturated carbocycles. The topological polar surface area (TPSA) is 29.5 Å². The van der Waals surface area contributed by atoms with Crippen molar-refractivity contribution in [3.63, 3.8) is 0 Å². The molecule has 1 unspecified atom stereocenters. The molecule has 0 fully saturated rings. The van der Waals surface area contributed by atoms with Gasteiger partial charge >= 0.3 is 0 Å². The van der Waals surface area contributed by atoms with E-state index >= 15 is 0 Å². The van der Waals surface area contributed by atoms with Gasteiger partial charge in [-0.25, -0.2) is 4.39 Å². The molecule has 2 aromatic carbocycles.